The van der Waals surface area contributed by atoms with Crippen LogP contribution in [0.25, 0.3) is 0 Å². The zero-order valence-corrected chi connectivity index (χ0v) is 12.0. The van der Waals surface area contributed by atoms with E-state index in [4.69, 9.17) is 10.3 Å². The summed E-state index contributed by atoms with van der Waals surface area (Å²) in [4.78, 5) is 7.02. The van der Waals surface area contributed by atoms with E-state index >= 15 is 0 Å². The van der Waals surface area contributed by atoms with E-state index < -0.39 is 0 Å². The molecule has 5 heteroatoms. The Labute approximate surface area is 119 Å². The summed E-state index contributed by atoms with van der Waals surface area (Å²) in [6, 6.07) is -0.107. The van der Waals surface area contributed by atoms with Gasteiger partial charge < -0.3 is 15.2 Å². The van der Waals surface area contributed by atoms with Gasteiger partial charge in [-0.1, -0.05) is 18.0 Å². The Morgan fingerprint density at radius 2 is 1.90 bits per heavy atom. The first kappa shape index (κ1) is 12.8. The maximum atomic E-state index is 6.25. The molecule has 2 aliphatic carbocycles. The summed E-state index contributed by atoms with van der Waals surface area (Å²) in [6.07, 6.45) is 7.98. The highest BCUT2D eigenvalue weighted by atomic mass is 16.5. The molecule has 1 aromatic heterocycles. The van der Waals surface area contributed by atoms with Crippen LogP contribution < -0.4 is 5.73 Å². The fourth-order valence-corrected chi connectivity index (χ4v) is 4.22. The van der Waals surface area contributed by atoms with Gasteiger partial charge in [-0.3, -0.25) is 0 Å². The van der Waals surface area contributed by atoms with Crippen molar-refractivity contribution in [2.24, 2.45) is 17.6 Å². The second kappa shape index (κ2) is 5.11. The number of hydrogen-bond donors (Lipinski definition) is 1. The number of rotatable bonds is 4. The van der Waals surface area contributed by atoms with E-state index in [1.807, 2.05) is 0 Å². The van der Waals surface area contributed by atoms with Crippen LogP contribution in [0, 0.1) is 11.8 Å². The summed E-state index contributed by atoms with van der Waals surface area (Å²) in [7, 11) is 0. The van der Waals surface area contributed by atoms with Gasteiger partial charge in [0.15, 0.2) is 5.82 Å². The summed E-state index contributed by atoms with van der Waals surface area (Å²) < 4.78 is 5.48. The molecule has 20 heavy (non-hydrogen) atoms. The van der Waals surface area contributed by atoms with Crippen LogP contribution in [0.5, 0.6) is 0 Å². The maximum absolute atomic E-state index is 6.25. The van der Waals surface area contributed by atoms with E-state index in [0.29, 0.717) is 11.7 Å². The highest BCUT2D eigenvalue weighted by Crippen LogP contribution is 2.62. The van der Waals surface area contributed by atoms with Gasteiger partial charge in [-0.2, -0.15) is 4.98 Å². The number of aromatic nitrogens is 2. The first-order valence-corrected chi connectivity index (χ1v) is 8.14. The third kappa shape index (κ3) is 2.27. The van der Waals surface area contributed by atoms with E-state index in [-0.39, 0.29) is 6.04 Å². The van der Waals surface area contributed by atoms with Crippen LogP contribution in [0.2, 0.25) is 0 Å². The van der Waals surface area contributed by atoms with Gasteiger partial charge in [0, 0.05) is 12.5 Å². The molecule has 0 aromatic carbocycles. The summed E-state index contributed by atoms with van der Waals surface area (Å²) in [5.74, 6) is 3.75. The zero-order chi connectivity index (χ0) is 13.5. The molecule has 2 heterocycles. The molecule has 0 radical (unpaired) electrons. The molecule has 0 bridgehead atoms. The van der Waals surface area contributed by atoms with Crippen molar-refractivity contribution < 1.29 is 4.52 Å². The molecule has 3 atom stereocenters. The van der Waals surface area contributed by atoms with Crippen molar-refractivity contribution in [3.05, 3.63) is 11.7 Å². The van der Waals surface area contributed by atoms with E-state index in [2.05, 4.69) is 15.0 Å². The molecule has 5 nitrogen and oxygen atoms in total. The van der Waals surface area contributed by atoms with Crippen molar-refractivity contribution in [2.75, 3.05) is 19.6 Å². The maximum Gasteiger partial charge on any atom is 0.230 e. The molecule has 2 N–H and O–H groups in total. The number of nitrogens with two attached hydrogens (primary N) is 1. The summed E-state index contributed by atoms with van der Waals surface area (Å²) in [5.41, 5.74) is 6.25. The van der Waals surface area contributed by atoms with Crippen molar-refractivity contribution in [1.29, 1.82) is 0 Å². The molecule has 4 rings (SSSR count). The van der Waals surface area contributed by atoms with Gasteiger partial charge in [0.1, 0.15) is 0 Å². The van der Waals surface area contributed by atoms with E-state index in [9.17, 15) is 0 Å². The largest absolute Gasteiger partial charge is 0.339 e. The van der Waals surface area contributed by atoms with Crippen LogP contribution in [0.15, 0.2) is 4.52 Å². The first-order valence-electron chi connectivity index (χ1n) is 8.14. The molecule has 1 aliphatic heterocycles. The summed E-state index contributed by atoms with van der Waals surface area (Å²) >= 11 is 0. The van der Waals surface area contributed by atoms with Gasteiger partial charge in [-0.15, -0.1) is 0 Å². The van der Waals surface area contributed by atoms with Gasteiger partial charge in [0.05, 0.1) is 6.04 Å². The molecule has 3 unspecified atom stereocenters. The van der Waals surface area contributed by atoms with Crippen LogP contribution in [0.3, 0.4) is 0 Å². The Kier molecular flexibility index (Phi) is 3.27. The number of hydrogen-bond acceptors (Lipinski definition) is 5. The van der Waals surface area contributed by atoms with Crippen molar-refractivity contribution in [3.63, 3.8) is 0 Å². The molecule has 0 amide bonds. The molecule has 110 valence electrons. The van der Waals surface area contributed by atoms with Gasteiger partial charge in [0.25, 0.3) is 0 Å². The Morgan fingerprint density at radius 3 is 2.65 bits per heavy atom. The molecular weight excluding hydrogens is 252 g/mol. The lowest BCUT2D eigenvalue weighted by atomic mass is 10.1. The predicted molar refractivity (Wildman–Crippen MR) is 75.1 cm³/mol. The highest BCUT2D eigenvalue weighted by Gasteiger charge is 2.56. The zero-order valence-electron chi connectivity index (χ0n) is 12.0. The molecule has 2 saturated carbocycles. The SMILES string of the molecule is NC(CN1CCCCC1)c1noc(C2C3CCCC32)n1. The minimum absolute atomic E-state index is 0.107. The van der Waals surface area contributed by atoms with Crippen LogP contribution in [-0.4, -0.2) is 34.7 Å². The predicted octanol–water partition coefficient (Wildman–Crippen LogP) is 2.07. The molecule has 1 saturated heterocycles. The fraction of sp³-hybridized carbons (Fsp3) is 0.867. The lowest BCUT2D eigenvalue weighted by Crippen LogP contribution is -2.36. The van der Waals surface area contributed by atoms with Gasteiger partial charge in [-0.25, -0.2) is 0 Å². The number of nitrogens with zero attached hydrogens (tertiary/aromatic N) is 3. The van der Waals surface area contributed by atoms with Crippen molar-refractivity contribution in [2.45, 2.75) is 50.5 Å². The molecule has 1 aromatic rings. The second-order valence-electron chi connectivity index (χ2n) is 6.74. The lowest BCUT2D eigenvalue weighted by molar-refractivity contribution is 0.213. The topological polar surface area (TPSA) is 68.2 Å². The molecular formula is C15H24N4O. The summed E-state index contributed by atoms with van der Waals surface area (Å²) in [5, 5.41) is 4.13. The third-order valence-electron chi connectivity index (χ3n) is 5.38. The van der Waals surface area contributed by atoms with Gasteiger partial charge in [0.2, 0.25) is 5.89 Å². The Morgan fingerprint density at radius 1 is 1.15 bits per heavy atom. The summed E-state index contributed by atoms with van der Waals surface area (Å²) in [6.45, 7) is 3.17. The van der Waals surface area contributed by atoms with Crippen molar-refractivity contribution >= 4 is 0 Å². The average Bonchev–Trinajstić information content (AvgIpc) is 2.90. The standard InChI is InChI=1S/C15H24N4O/c16-12(9-19-7-2-1-3-8-19)14-17-15(20-18-14)13-10-5-4-6-11(10)13/h10-13H,1-9,16H2. The highest BCUT2D eigenvalue weighted by molar-refractivity contribution is 5.16. The van der Waals surface area contributed by atoms with E-state index in [1.54, 1.807) is 0 Å². The molecule has 0 spiro atoms. The monoisotopic (exact) mass is 276 g/mol. The fourth-order valence-electron chi connectivity index (χ4n) is 4.22. The third-order valence-corrected chi connectivity index (χ3v) is 5.38. The minimum atomic E-state index is -0.107. The minimum Gasteiger partial charge on any atom is -0.339 e. The van der Waals surface area contributed by atoms with Crippen LogP contribution >= 0.6 is 0 Å². The van der Waals surface area contributed by atoms with Crippen LogP contribution in [0.4, 0.5) is 0 Å². The Hall–Kier alpha value is -0.940. The normalized spacial score (nSPS) is 35.0. The second-order valence-corrected chi connectivity index (χ2v) is 6.74. The number of piperidine rings is 1. The lowest BCUT2D eigenvalue weighted by Gasteiger charge is -2.27. The number of likely N-dealkylation sites (tertiary alicyclic amines) is 1. The first-order chi connectivity index (χ1) is 9.83. The smallest absolute Gasteiger partial charge is 0.230 e. The van der Waals surface area contributed by atoms with Gasteiger partial charge >= 0.3 is 0 Å². The van der Waals surface area contributed by atoms with Gasteiger partial charge in [-0.05, 0) is 50.6 Å². The Bertz CT molecular complexity index is 458. The van der Waals surface area contributed by atoms with Crippen LogP contribution in [-0.2, 0) is 0 Å². The van der Waals surface area contributed by atoms with Crippen LogP contribution in [0.1, 0.15) is 62.2 Å². The van der Waals surface area contributed by atoms with E-state index in [1.165, 1.54) is 38.5 Å². The molecule has 3 fully saturated rings. The number of fused-ring (bicyclic) bond motifs is 1. The molecule has 3 aliphatic rings. The average molecular weight is 276 g/mol. The Balaban J connectivity index is 1.37. The quantitative estimate of drug-likeness (QED) is 0.911. The van der Waals surface area contributed by atoms with Crippen molar-refractivity contribution in [3.8, 4) is 0 Å². The van der Waals surface area contributed by atoms with Crippen molar-refractivity contribution in [1.82, 2.24) is 15.0 Å². The van der Waals surface area contributed by atoms with E-state index in [0.717, 1.165) is 37.4 Å².